The van der Waals surface area contributed by atoms with Gasteiger partial charge in [-0.25, -0.2) is 0 Å². The maximum Gasteiger partial charge on any atom is 0.291 e. The van der Waals surface area contributed by atoms with Gasteiger partial charge in [0, 0.05) is 17.8 Å². The fourth-order valence-corrected chi connectivity index (χ4v) is 2.68. The number of ether oxygens (including phenoxy) is 1. The van der Waals surface area contributed by atoms with Crippen LogP contribution in [-0.4, -0.2) is 17.9 Å². The first-order valence-corrected chi connectivity index (χ1v) is 9.44. The van der Waals surface area contributed by atoms with E-state index < -0.39 is 0 Å². The topological polar surface area (TPSA) is 80.6 Å². The van der Waals surface area contributed by atoms with E-state index in [9.17, 15) is 9.59 Å². The molecule has 2 amide bonds. The smallest absolute Gasteiger partial charge is 0.291 e. The van der Waals surface area contributed by atoms with Crippen molar-refractivity contribution in [3.8, 4) is 0 Å². The minimum absolute atomic E-state index is 0.171. The molecule has 2 N–H and O–H groups in total. The summed E-state index contributed by atoms with van der Waals surface area (Å²) in [6.45, 7) is 4.96. The van der Waals surface area contributed by atoms with E-state index in [-0.39, 0.29) is 23.7 Å². The number of nitrogens with one attached hydrogen (secondary N) is 2. The highest BCUT2D eigenvalue weighted by molar-refractivity contribution is 6.02. The highest BCUT2D eigenvalue weighted by Crippen LogP contribution is 2.13. The van der Waals surface area contributed by atoms with Crippen molar-refractivity contribution in [2.75, 3.05) is 5.32 Å². The number of hydrogen-bond acceptors (Lipinski definition) is 4. The number of carbonyl (C=O) groups excluding carboxylic acids is 2. The second-order valence-corrected chi connectivity index (χ2v) is 6.87. The van der Waals surface area contributed by atoms with Crippen LogP contribution in [0.15, 0.2) is 71.3 Å². The Labute approximate surface area is 169 Å². The van der Waals surface area contributed by atoms with Gasteiger partial charge < -0.3 is 19.8 Å². The lowest BCUT2D eigenvalue weighted by Gasteiger charge is -2.10. The molecular weight excluding hydrogens is 368 g/mol. The SMILES string of the molecule is CC(C)OCc1cccc(CNC(=O)c2ccc(NC(=O)c3ccco3)cc2)c1. The fraction of sp³-hybridized carbons (Fsp3) is 0.217. The van der Waals surface area contributed by atoms with E-state index in [0.29, 0.717) is 24.4 Å². The second-order valence-electron chi connectivity index (χ2n) is 6.87. The Bertz CT molecular complexity index is 947. The Hall–Kier alpha value is -3.38. The third-order valence-electron chi connectivity index (χ3n) is 4.18. The van der Waals surface area contributed by atoms with Crippen LogP contribution in [0.2, 0.25) is 0 Å². The van der Waals surface area contributed by atoms with Gasteiger partial charge in [0.2, 0.25) is 0 Å². The Morgan fingerprint density at radius 3 is 2.41 bits per heavy atom. The van der Waals surface area contributed by atoms with Gasteiger partial charge in [0.05, 0.1) is 19.0 Å². The van der Waals surface area contributed by atoms with Crippen molar-refractivity contribution in [3.05, 3.63) is 89.4 Å². The van der Waals surface area contributed by atoms with Gasteiger partial charge in [-0.1, -0.05) is 24.3 Å². The number of furan rings is 1. The van der Waals surface area contributed by atoms with Crippen LogP contribution < -0.4 is 10.6 Å². The lowest BCUT2D eigenvalue weighted by atomic mass is 10.1. The molecule has 0 atom stereocenters. The lowest BCUT2D eigenvalue weighted by molar-refractivity contribution is 0.0657. The first kappa shape index (κ1) is 20.4. The zero-order valence-electron chi connectivity index (χ0n) is 16.5. The van der Waals surface area contributed by atoms with Crippen LogP contribution >= 0.6 is 0 Å². The number of amides is 2. The second kappa shape index (κ2) is 9.71. The fourth-order valence-electron chi connectivity index (χ4n) is 2.68. The van der Waals surface area contributed by atoms with E-state index in [1.165, 1.54) is 6.26 Å². The minimum atomic E-state index is -0.339. The minimum Gasteiger partial charge on any atom is -0.459 e. The number of carbonyl (C=O) groups is 2. The van der Waals surface area contributed by atoms with Gasteiger partial charge in [0.1, 0.15) is 0 Å². The van der Waals surface area contributed by atoms with Crippen LogP contribution in [0.1, 0.15) is 45.9 Å². The van der Waals surface area contributed by atoms with Crippen molar-refractivity contribution in [1.82, 2.24) is 5.32 Å². The number of hydrogen-bond donors (Lipinski definition) is 2. The molecule has 0 aliphatic heterocycles. The van der Waals surface area contributed by atoms with Crippen LogP contribution in [0.3, 0.4) is 0 Å². The third kappa shape index (κ3) is 6.05. The van der Waals surface area contributed by atoms with E-state index >= 15 is 0 Å². The largest absolute Gasteiger partial charge is 0.459 e. The van der Waals surface area contributed by atoms with Crippen LogP contribution in [-0.2, 0) is 17.9 Å². The van der Waals surface area contributed by atoms with Crippen molar-refractivity contribution < 1.29 is 18.7 Å². The van der Waals surface area contributed by atoms with Crippen molar-refractivity contribution in [2.24, 2.45) is 0 Å². The maximum absolute atomic E-state index is 12.4. The summed E-state index contributed by atoms with van der Waals surface area (Å²) < 4.78 is 10.7. The molecule has 3 aromatic rings. The van der Waals surface area contributed by atoms with Gasteiger partial charge in [-0.15, -0.1) is 0 Å². The summed E-state index contributed by atoms with van der Waals surface area (Å²) in [6, 6.07) is 17.9. The molecule has 2 aromatic carbocycles. The van der Waals surface area contributed by atoms with Gasteiger partial charge in [0.15, 0.2) is 5.76 Å². The molecule has 1 aromatic heterocycles. The molecule has 0 radical (unpaired) electrons. The lowest BCUT2D eigenvalue weighted by Crippen LogP contribution is -2.22. The van der Waals surface area contributed by atoms with Crippen molar-refractivity contribution in [2.45, 2.75) is 33.1 Å². The molecule has 1 heterocycles. The van der Waals surface area contributed by atoms with Crippen LogP contribution in [0, 0.1) is 0 Å². The van der Waals surface area contributed by atoms with E-state index in [0.717, 1.165) is 11.1 Å². The number of rotatable bonds is 8. The van der Waals surface area contributed by atoms with Crippen LogP contribution in [0.5, 0.6) is 0 Å². The monoisotopic (exact) mass is 392 g/mol. The summed E-state index contributed by atoms with van der Waals surface area (Å²) in [4.78, 5) is 24.4. The molecule has 0 spiro atoms. The van der Waals surface area contributed by atoms with Gasteiger partial charge in [-0.2, -0.15) is 0 Å². The summed E-state index contributed by atoms with van der Waals surface area (Å²) in [5, 5.41) is 5.63. The Balaban J connectivity index is 1.53. The molecule has 150 valence electrons. The molecule has 6 nitrogen and oxygen atoms in total. The number of benzene rings is 2. The Kier molecular flexibility index (Phi) is 6.81. The molecule has 0 saturated carbocycles. The van der Waals surface area contributed by atoms with Crippen LogP contribution in [0.4, 0.5) is 5.69 Å². The van der Waals surface area contributed by atoms with Gasteiger partial charge in [-0.05, 0) is 61.4 Å². The van der Waals surface area contributed by atoms with Crippen molar-refractivity contribution in [3.63, 3.8) is 0 Å². The highest BCUT2D eigenvalue weighted by Gasteiger charge is 2.10. The summed E-state index contributed by atoms with van der Waals surface area (Å²) in [5.74, 6) is -0.292. The van der Waals surface area contributed by atoms with Gasteiger partial charge >= 0.3 is 0 Å². The average molecular weight is 392 g/mol. The van der Waals surface area contributed by atoms with E-state index in [1.807, 2.05) is 38.1 Å². The molecule has 0 fully saturated rings. The molecule has 6 heteroatoms. The molecule has 0 aliphatic carbocycles. The van der Waals surface area contributed by atoms with Crippen molar-refractivity contribution >= 4 is 17.5 Å². The first-order chi connectivity index (χ1) is 14.0. The molecular formula is C23H24N2O4. The quantitative estimate of drug-likeness (QED) is 0.596. The maximum atomic E-state index is 12.4. The molecule has 0 unspecified atom stereocenters. The normalized spacial score (nSPS) is 10.7. The van der Waals surface area contributed by atoms with E-state index in [4.69, 9.17) is 9.15 Å². The predicted molar refractivity (Wildman–Crippen MR) is 111 cm³/mol. The predicted octanol–water partition coefficient (Wildman–Crippen LogP) is 4.39. The first-order valence-electron chi connectivity index (χ1n) is 9.44. The van der Waals surface area contributed by atoms with Gasteiger partial charge in [0.25, 0.3) is 11.8 Å². The Morgan fingerprint density at radius 2 is 1.72 bits per heavy atom. The highest BCUT2D eigenvalue weighted by atomic mass is 16.5. The summed E-state index contributed by atoms with van der Waals surface area (Å²) in [5.41, 5.74) is 3.17. The van der Waals surface area contributed by atoms with Crippen LogP contribution in [0.25, 0.3) is 0 Å². The average Bonchev–Trinajstić information content (AvgIpc) is 3.26. The summed E-state index contributed by atoms with van der Waals surface area (Å²) in [6.07, 6.45) is 1.61. The molecule has 29 heavy (non-hydrogen) atoms. The van der Waals surface area contributed by atoms with Gasteiger partial charge in [-0.3, -0.25) is 9.59 Å². The summed E-state index contributed by atoms with van der Waals surface area (Å²) in [7, 11) is 0. The van der Waals surface area contributed by atoms with E-state index in [1.54, 1.807) is 36.4 Å². The zero-order valence-corrected chi connectivity index (χ0v) is 16.5. The zero-order chi connectivity index (χ0) is 20.6. The third-order valence-corrected chi connectivity index (χ3v) is 4.18. The molecule has 0 aliphatic rings. The molecule has 0 saturated heterocycles. The summed E-state index contributed by atoms with van der Waals surface area (Å²) >= 11 is 0. The number of anilines is 1. The molecule has 3 rings (SSSR count). The van der Waals surface area contributed by atoms with E-state index in [2.05, 4.69) is 10.6 Å². The molecule has 0 bridgehead atoms. The van der Waals surface area contributed by atoms with Crippen molar-refractivity contribution in [1.29, 1.82) is 0 Å². The standard InChI is InChI=1S/C23H24N2O4/c1-16(2)29-15-18-6-3-5-17(13-18)14-24-22(26)19-8-10-20(11-9-19)25-23(27)21-7-4-12-28-21/h3-13,16H,14-15H2,1-2H3,(H,24,26)(H,25,27). The Morgan fingerprint density at radius 1 is 0.966 bits per heavy atom.